The third-order valence-electron chi connectivity index (χ3n) is 4.43. The number of aryl methyl sites for hydroxylation is 1. The van der Waals surface area contributed by atoms with Crippen molar-refractivity contribution in [3.63, 3.8) is 0 Å². The number of benzene rings is 1. The molecule has 0 bridgehead atoms. The maximum atomic E-state index is 12.5. The van der Waals surface area contributed by atoms with Gasteiger partial charge in [-0.3, -0.25) is 14.4 Å². The quantitative estimate of drug-likeness (QED) is 0.735. The molecular formula is C19H20BrN3O3S. The van der Waals surface area contributed by atoms with Gasteiger partial charge in [0.25, 0.3) is 5.91 Å². The van der Waals surface area contributed by atoms with E-state index in [0.717, 1.165) is 16.5 Å². The molecule has 0 aliphatic carbocycles. The average molecular weight is 450 g/mol. The fourth-order valence-corrected chi connectivity index (χ4v) is 4.23. The number of carbonyl (C=O) groups is 3. The first-order chi connectivity index (χ1) is 13.0. The number of anilines is 1. The Morgan fingerprint density at radius 2 is 2.11 bits per heavy atom. The normalized spacial score (nSPS) is 16.2. The lowest BCUT2D eigenvalue weighted by Crippen LogP contribution is -2.47. The first kappa shape index (κ1) is 19.6. The Kier molecular flexibility index (Phi) is 6.28. The number of nitrogens with one attached hydrogen (secondary N) is 2. The van der Waals surface area contributed by atoms with Gasteiger partial charge in [0.2, 0.25) is 11.8 Å². The Morgan fingerprint density at radius 3 is 2.81 bits per heavy atom. The van der Waals surface area contributed by atoms with Crippen molar-refractivity contribution in [3.8, 4) is 0 Å². The molecule has 2 heterocycles. The Hall–Kier alpha value is -2.19. The molecule has 1 aromatic heterocycles. The number of carbonyl (C=O) groups excluding carboxylic acids is 3. The number of halogens is 1. The Morgan fingerprint density at radius 1 is 1.30 bits per heavy atom. The number of hydrogen-bond donors (Lipinski definition) is 2. The number of hydrogen-bond acceptors (Lipinski definition) is 4. The monoisotopic (exact) mass is 449 g/mol. The maximum absolute atomic E-state index is 12.5. The highest BCUT2D eigenvalue weighted by Gasteiger charge is 2.34. The number of thiophene rings is 1. The Bertz CT molecular complexity index is 854. The average Bonchev–Trinajstić information content (AvgIpc) is 3.33. The van der Waals surface area contributed by atoms with Crippen LogP contribution in [0.4, 0.5) is 5.69 Å². The smallest absolute Gasteiger partial charge is 0.264 e. The van der Waals surface area contributed by atoms with E-state index < -0.39 is 6.04 Å². The number of likely N-dealkylation sites (tertiary alicyclic amines) is 1. The molecule has 0 spiro atoms. The van der Waals surface area contributed by atoms with Gasteiger partial charge in [-0.25, -0.2) is 0 Å². The molecule has 6 nitrogen and oxygen atoms in total. The van der Waals surface area contributed by atoms with Crippen LogP contribution in [0.1, 0.15) is 28.1 Å². The van der Waals surface area contributed by atoms with E-state index in [0.29, 0.717) is 23.5 Å². The van der Waals surface area contributed by atoms with E-state index >= 15 is 0 Å². The summed E-state index contributed by atoms with van der Waals surface area (Å²) in [6.45, 7) is 2.32. The molecule has 3 rings (SSSR count). The van der Waals surface area contributed by atoms with Crippen LogP contribution in [0.3, 0.4) is 0 Å². The van der Waals surface area contributed by atoms with Gasteiger partial charge in [0.05, 0.1) is 11.4 Å². The van der Waals surface area contributed by atoms with E-state index in [-0.39, 0.29) is 24.3 Å². The van der Waals surface area contributed by atoms with Gasteiger partial charge in [-0.15, -0.1) is 11.3 Å². The molecule has 1 aliphatic rings. The second-order valence-electron chi connectivity index (χ2n) is 6.36. The van der Waals surface area contributed by atoms with Gasteiger partial charge in [0.15, 0.2) is 0 Å². The van der Waals surface area contributed by atoms with Crippen LogP contribution in [0.15, 0.2) is 40.2 Å². The SMILES string of the molecule is Cc1cc(Br)ccc1NC(=O)CNC(=O)C1CCCN1C(=O)c1cccs1. The molecule has 142 valence electrons. The van der Waals surface area contributed by atoms with Crippen molar-refractivity contribution in [1.82, 2.24) is 10.2 Å². The predicted molar refractivity (Wildman–Crippen MR) is 109 cm³/mol. The van der Waals surface area contributed by atoms with Crippen molar-refractivity contribution < 1.29 is 14.4 Å². The van der Waals surface area contributed by atoms with Crippen LogP contribution in [0, 0.1) is 6.92 Å². The number of rotatable bonds is 5. The summed E-state index contributed by atoms with van der Waals surface area (Å²) in [6, 6.07) is 8.60. The maximum Gasteiger partial charge on any atom is 0.264 e. The molecule has 3 amide bonds. The molecule has 1 unspecified atom stereocenters. The van der Waals surface area contributed by atoms with Crippen molar-refractivity contribution in [3.05, 3.63) is 50.6 Å². The van der Waals surface area contributed by atoms with E-state index in [1.165, 1.54) is 11.3 Å². The summed E-state index contributed by atoms with van der Waals surface area (Å²) in [6.07, 6.45) is 1.38. The first-order valence-electron chi connectivity index (χ1n) is 8.64. The summed E-state index contributed by atoms with van der Waals surface area (Å²) >= 11 is 4.74. The zero-order valence-electron chi connectivity index (χ0n) is 14.8. The van der Waals surface area contributed by atoms with E-state index in [2.05, 4.69) is 26.6 Å². The zero-order valence-corrected chi connectivity index (χ0v) is 17.2. The van der Waals surface area contributed by atoms with Crippen molar-refractivity contribution in [1.29, 1.82) is 0 Å². The standard InChI is InChI=1S/C19H20BrN3O3S/c1-12-10-13(20)6-7-14(12)22-17(24)11-21-18(25)15-4-2-8-23(15)19(26)16-5-3-9-27-16/h3,5-7,9-10,15H,2,4,8,11H2,1H3,(H,21,25)(H,22,24). The van der Waals surface area contributed by atoms with Crippen molar-refractivity contribution in [2.45, 2.75) is 25.8 Å². The van der Waals surface area contributed by atoms with Crippen molar-refractivity contribution in [2.24, 2.45) is 0 Å². The lowest BCUT2D eigenvalue weighted by Gasteiger charge is -2.23. The highest BCUT2D eigenvalue weighted by atomic mass is 79.9. The summed E-state index contributed by atoms with van der Waals surface area (Å²) in [4.78, 5) is 39.4. The summed E-state index contributed by atoms with van der Waals surface area (Å²) in [7, 11) is 0. The minimum atomic E-state index is -0.526. The van der Waals surface area contributed by atoms with Crippen LogP contribution in [-0.4, -0.2) is 41.8 Å². The van der Waals surface area contributed by atoms with E-state index in [1.807, 2.05) is 30.5 Å². The van der Waals surface area contributed by atoms with Crippen LogP contribution in [-0.2, 0) is 9.59 Å². The second-order valence-corrected chi connectivity index (χ2v) is 8.22. The number of nitrogens with zero attached hydrogens (tertiary/aromatic N) is 1. The summed E-state index contributed by atoms with van der Waals surface area (Å²) in [5, 5.41) is 7.28. The van der Waals surface area contributed by atoms with Gasteiger partial charge >= 0.3 is 0 Å². The van der Waals surface area contributed by atoms with Crippen LogP contribution >= 0.6 is 27.3 Å². The first-order valence-corrected chi connectivity index (χ1v) is 10.3. The van der Waals surface area contributed by atoms with Crippen molar-refractivity contribution in [2.75, 3.05) is 18.4 Å². The van der Waals surface area contributed by atoms with Gasteiger partial charge in [0.1, 0.15) is 6.04 Å². The number of amides is 3. The zero-order chi connectivity index (χ0) is 19.4. The Balaban J connectivity index is 1.55. The highest BCUT2D eigenvalue weighted by molar-refractivity contribution is 9.10. The third kappa shape index (κ3) is 4.75. The molecule has 1 atom stereocenters. The molecule has 1 fully saturated rings. The molecule has 1 aliphatic heterocycles. The molecule has 0 saturated carbocycles. The molecule has 2 N–H and O–H groups in total. The van der Waals surface area contributed by atoms with E-state index in [9.17, 15) is 14.4 Å². The fraction of sp³-hybridized carbons (Fsp3) is 0.316. The van der Waals surface area contributed by atoms with E-state index in [1.54, 1.807) is 17.0 Å². The molecule has 1 saturated heterocycles. The van der Waals surface area contributed by atoms with Gasteiger partial charge < -0.3 is 15.5 Å². The summed E-state index contributed by atoms with van der Waals surface area (Å²) < 4.78 is 0.933. The lowest BCUT2D eigenvalue weighted by atomic mass is 10.2. The topological polar surface area (TPSA) is 78.5 Å². The van der Waals surface area contributed by atoms with E-state index in [4.69, 9.17) is 0 Å². The molecular weight excluding hydrogens is 430 g/mol. The van der Waals surface area contributed by atoms with Gasteiger partial charge in [-0.05, 0) is 55.0 Å². The van der Waals surface area contributed by atoms with Crippen molar-refractivity contribution >= 4 is 50.7 Å². The lowest BCUT2D eigenvalue weighted by molar-refractivity contribution is -0.127. The molecule has 8 heteroatoms. The van der Waals surface area contributed by atoms with Crippen LogP contribution in [0.25, 0.3) is 0 Å². The Labute approximate surface area is 170 Å². The molecule has 1 aromatic carbocycles. The van der Waals surface area contributed by atoms with Crippen LogP contribution in [0.2, 0.25) is 0 Å². The molecule has 0 radical (unpaired) electrons. The minimum Gasteiger partial charge on any atom is -0.345 e. The van der Waals surface area contributed by atoms with Crippen LogP contribution < -0.4 is 10.6 Å². The highest BCUT2D eigenvalue weighted by Crippen LogP contribution is 2.22. The molecule has 2 aromatic rings. The third-order valence-corrected chi connectivity index (χ3v) is 5.79. The second kappa shape index (κ2) is 8.67. The molecule has 27 heavy (non-hydrogen) atoms. The predicted octanol–water partition coefficient (Wildman–Crippen LogP) is 3.18. The van der Waals surface area contributed by atoms with Gasteiger partial charge in [0, 0.05) is 16.7 Å². The fourth-order valence-electron chi connectivity index (χ4n) is 3.07. The van der Waals surface area contributed by atoms with Crippen LogP contribution in [0.5, 0.6) is 0 Å². The van der Waals surface area contributed by atoms with Gasteiger partial charge in [-0.1, -0.05) is 22.0 Å². The summed E-state index contributed by atoms with van der Waals surface area (Å²) in [5.74, 6) is -0.722. The minimum absolute atomic E-state index is 0.127. The largest absolute Gasteiger partial charge is 0.345 e. The summed E-state index contributed by atoms with van der Waals surface area (Å²) in [5.41, 5.74) is 1.63. The van der Waals surface area contributed by atoms with Gasteiger partial charge in [-0.2, -0.15) is 0 Å².